The first kappa shape index (κ1) is 5.96. The zero-order valence-electron chi connectivity index (χ0n) is 6.30. The summed E-state index contributed by atoms with van der Waals surface area (Å²) in [6.45, 7) is 1.17. The average Bonchev–Trinajstić information content (AvgIpc) is 2.34. The Morgan fingerprint density at radius 3 is 3.20 bits per heavy atom. The van der Waals surface area contributed by atoms with Crippen molar-refractivity contribution in [3.8, 4) is 0 Å². The molecule has 0 spiro atoms. The maximum atomic E-state index is 4.35. The Kier molecular flexibility index (Phi) is 1.26. The maximum Gasteiger partial charge on any atom is 0.127 e. The van der Waals surface area contributed by atoms with Crippen LogP contribution in [0.2, 0.25) is 0 Å². The van der Waals surface area contributed by atoms with Gasteiger partial charge in [0.05, 0.1) is 0 Å². The second-order valence-electron chi connectivity index (χ2n) is 2.95. The highest BCUT2D eigenvalue weighted by molar-refractivity contribution is 5.61. The van der Waals surface area contributed by atoms with E-state index in [2.05, 4.69) is 16.9 Å². The highest BCUT2D eigenvalue weighted by Crippen LogP contribution is 2.27. The van der Waals surface area contributed by atoms with Crippen LogP contribution in [0.4, 0.5) is 0 Å². The van der Waals surface area contributed by atoms with Crippen molar-refractivity contribution in [2.24, 2.45) is 4.99 Å². The summed E-state index contributed by atoms with van der Waals surface area (Å²) in [6.07, 6.45) is 5.65. The topological polar surface area (TPSA) is 15.6 Å². The predicted octanol–water partition coefficient (Wildman–Crippen LogP) is 1.40. The molecule has 0 saturated heterocycles. The molecule has 0 atom stereocenters. The second kappa shape index (κ2) is 2.11. The third-order valence-corrected chi connectivity index (χ3v) is 2.22. The molecule has 0 fully saturated rings. The molecule has 2 heteroatoms. The molecule has 2 rings (SSSR count). The molecule has 2 aliphatic rings. The summed E-state index contributed by atoms with van der Waals surface area (Å²) in [7, 11) is 2.12. The van der Waals surface area contributed by atoms with Crippen molar-refractivity contribution in [1.29, 1.82) is 0 Å². The molecule has 0 saturated carbocycles. The van der Waals surface area contributed by atoms with Crippen LogP contribution in [0, 0.1) is 0 Å². The van der Waals surface area contributed by atoms with Crippen LogP contribution in [0.15, 0.2) is 16.4 Å². The summed E-state index contributed by atoms with van der Waals surface area (Å²) in [6, 6.07) is 0. The summed E-state index contributed by atoms with van der Waals surface area (Å²) in [5.41, 5.74) is 1.56. The molecule has 2 nitrogen and oxygen atoms in total. The van der Waals surface area contributed by atoms with E-state index < -0.39 is 0 Å². The van der Waals surface area contributed by atoms with Gasteiger partial charge in [-0.05, 0) is 24.8 Å². The fraction of sp³-hybridized carbons (Fsp3) is 0.625. The zero-order chi connectivity index (χ0) is 6.97. The van der Waals surface area contributed by atoms with E-state index in [1.54, 1.807) is 5.57 Å². The SMILES string of the molecule is CN1CCC2=C1N=CCC2. The van der Waals surface area contributed by atoms with Gasteiger partial charge in [-0.15, -0.1) is 0 Å². The lowest BCUT2D eigenvalue weighted by atomic mass is 10.1. The van der Waals surface area contributed by atoms with E-state index in [9.17, 15) is 0 Å². The van der Waals surface area contributed by atoms with E-state index in [4.69, 9.17) is 0 Å². The van der Waals surface area contributed by atoms with E-state index in [0.717, 1.165) is 6.42 Å². The molecule has 2 heterocycles. The molecule has 54 valence electrons. The van der Waals surface area contributed by atoms with E-state index in [-0.39, 0.29) is 0 Å². The van der Waals surface area contributed by atoms with Crippen molar-refractivity contribution in [3.63, 3.8) is 0 Å². The van der Waals surface area contributed by atoms with Gasteiger partial charge in [0.2, 0.25) is 0 Å². The van der Waals surface area contributed by atoms with Crippen LogP contribution in [0.3, 0.4) is 0 Å². The number of aliphatic imine (C=N–C) groups is 1. The van der Waals surface area contributed by atoms with Gasteiger partial charge in [-0.3, -0.25) is 0 Å². The second-order valence-corrected chi connectivity index (χ2v) is 2.95. The Labute approximate surface area is 61.2 Å². The van der Waals surface area contributed by atoms with Gasteiger partial charge in [0.1, 0.15) is 5.82 Å². The molecule has 0 amide bonds. The standard InChI is InChI=1S/C8H12N2/c1-10-6-4-7-3-2-5-9-8(7)10/h5H,2-4,6H2,1H3. The van der Waals surface area contributed by atoms with Gasteiger partial charge in [-0.2, -0.15) is 0 Å². The summed E-state index contributed by atoms with van der Waals surface area (Å²) < 4.78 is 0. The molecular formula is C8H12N2. The lowest BCUT2D eigenvalue weighted by molar-refractivity contribution is 0.455. The molecule has 0 N–H and O–H groups in total. The lowest BCUT2D eigenvalue weighted by Crippen LogP contribution is -2.12. The van der Waals surface area contributed by atoms with Crippen LogP contribution in [-0.2, 0) is 0 Å². The Morgan fingerprint density at radius 2 is 2.40 bits per heavy atom. The first-order chi connectivity index (χ1) is 4.88. The Morgan fingerprint density at radius 1 is 1.50 bits per heavy atom. The minimum absolute atomic E-state index is 1.15. The Balaban J connectivity index is 2.30. The molecule has 0 aromatic rings. The number of rotatable bonds is 0. The van der Waals surface area contributed by atoms with Crippen LogP contribution in [0.25, 0.3) is 0 Å². The Bertz CT molecular complexity index is 203. The average molecular weight is 136 g/mol. The van der Waals surface area contributed by atoms with Crippen molar-refractivity contribution in [2.75, 3.05) is 13.6 Å². The van der Waals surface area contributed by atoms with Gasteiger partial charge in [-0.1, -0.05) is 0 Å². The largest absolute Gasteiger partial charge is 0.359 e. The first-order valence-corrected chi connectivity index (χ1v) is 3.83. The normalized spacial score (nSPS) is 23.9. The van der Waals surface area contributed by atoms with Crippen molar-refractivity contribution >= 4 is 6.21 Å². The van der Waals surface area contributed by atoms with Crippen LogP contribution in [-0.4, -0.2) is 24.7 Å². The van der Waals surface area contributed by atoms with Crippen LogP contribution in [0.1, 0.15) is 19.3 Å². The van der Waals surface area contributed by atoms with Crippen LogP contribution in [0.5, 0.6) is 0 Å². The van der Waals surface area contributed by atoms with Gasteiger partial charge in [0.25, 0.3) is 0 Å². The van der Waals surface area contributed by atoms with Crippen molar-refractivity contribution in [3.05, 3.63) is 11.4 Å². The minimum Gasteiger partial charge on any atom is -0.359 e. The van der Waals surface area contributed by atoms with Gasteiger partial charge in [-0.25, -0.2) is 4.99 Å². The molecule has 0 unspecified atom stereocenters. The van der Waals surface area contributed by atoms with E-state index in [1.807, 2.05) is 6.21 Å². The number of nitrogens with zero attached hydrogens (tertiary/aromatic N) is 2. The van der Waals surface area contributed by atoms with Crippen molar-refractivity contribution in [2.45, 2.75) is 19.3 Å². The van der Waals surface area contributed by atoms with Crippen LogP contribution < -0.4 is 0 Å². The quantitative estimate of drug-likeness (QED) is 0.491. The molecule has 2 aliphatic heterocycles. The summed E-state index contributed by atoms with van der Waals surface area (Å²) in [5, 5.41) is 0. The van der Waals surface area contributed by atoms with E-state index in [0.29, 0.717) is 0 Å². The molecule has 0 bridgehead atoms. The third-order valence-electron chi connectivity index (χ3n) is 2.22. The van der Waals surface area contributed by atoms with Gasteiger partial charge < -0.3 is 4.90 Å². The van der Waals surface area contributed by atoms with Gasteiger partial charge in [0.15, 0.2) is 0 Å². The molecule has 0 aromatic heterocycles. The van der Waals surface area contributed by atoms with Gasteiger partial charge in [0, 0.05) is 19.8 Å². The Hall–Kier alpha value is -0.790. The summed E-state index contributed by atoms with van der Waals surface area (Å²) in [4.78, 5) is 6.59. The highest BCUT2D eigenvalue weighted by Gasteiger charge is 2.19. The monoisotopic (exact) mass is 136 g/mol. The number of hydrogen-bond acceptors (Lipinski definition) is 2. The minimum atomic E-state index is 1.15. The molecule has 0 radical (unpaired) electrons. The zero-order valence-corrected chi connectivity index (χ0v) is 6.30. The fourth-order valence-electron chi connectivity index (χ4n) is 1.61. The fourth-order valence-corrected chi connectivity index (χ4v) is 1.61. The third kappa shape index (κ3) is 0.753. The maximum absolute atomic E-state index is 4.35. The summed E-state index contributed by atoms with van der Waals surface area (Å²) in [5.74, 6) is 1.24. The van der Waals surface area contributed by atoms with E-state index >= 15 is 0 Å². The molecule has 0 aromatic carbocycles. The summed E-state index contributed by atoms with van der Waals surface area (Å²) >= 11 is 0. The van der Waals surface area contributed by atoms with E-state index in [1.165, 1.54) is 25.2 Å². The van der Waals surface area contributed by atoms with Crippen molar-refractivity contribution < 1.29 is 0 Å². The van der Waals surface area contributed by atoms with Crippen molar-refractivity contribution in [1.82, 2.24) is 4.90 Å². The molecular weight excluding hydrogens is 124 g/mol. The highest BCUT2D eigenvalue weighted by atomic mass is 15.2. The smallest absolute Gasteiger partial charge is 0.127 e. The lowest BCUT2D eigenvalue weighted by Gasteiger charge is -2.13. The molecule has 10 heavy (non-hydrogen) atoms. The first-order valence-electron chi connectivity index (χ1n) is 3.83. The van der Waals surface area contributed by atoms with Crippen LogP contribution >= 0.6 is 0 Å². The van der Waals surface area contributed by atoms with Gasteiger partial charge >= 0.3 is 0 Å². The predicted molar refractivity (Wildman–Crippen MR) is 42.0 cm³/mol. The number of hydrogen-bond donors (Lipinski definition) is 0. The molecule has 0 aliphatic carbocycles.